The lowest BCUT2D eigenvalue weighted by Crippen LogP contribution is -2.26. The zero-order valence-electron chi connectivity index (χ0n) is 14.0. The second kappa shape index (κ2) is 8.26. The van der Waals surface area contributed by atoms with E-state index in [-0.39, 0.29) is 5.91 Å². The number of benzene rings is 1. The van der Waals surface area contributed by atoms with E-state index >= 15 is 0 Å². The van der Waals surface area contributed by atoms with Crippen LogP contribution in [-0.2, 0) is 19.1 Å². The van der Waals surface area contributed by atoms with E-state index in [1.807, 2.05) is 24.3 Å². The number of esters is 1. The van der Waals surface area contributed by atoms with E-state index in [1.165, 1.54) is 7.11 Å². The standard InChI is InChI=1S/C18H20BrNO4/c1-12-16(18(22)24-3)15(11-13-6-4-7-14(19)10-13)17(21)20(12)8-5-9-23-2/h4,6-7,10-11H,5,8-9H2,1-3H3/b15-11-. The Kier molecular flexibility index (Phi) is 6.34. The number of carbonyl (C=O) groups excluding carboxylic acids is 2. The number of carbonyl (C=O) groups is 2. The molecule has 0 radical (unpaired) electrons. The number of rotatable bonds is 6. The van der Waals surface area contributed by atoms with Gasteiger partial charge in [-0.05, 0) is 37.1 Å². The van der Waals surface area contributed by atoms with Crippen LogP contribution < -0.4 is 0 Å². The van der Waals surface area contributed by atoms with Crippen molar-refractivity contribution in [2.75, 3.05) is 27.4 Å². The molecular weight excluding hydrogens is 374 g/mol. The van der Waals surface area contributed by atoms with Crippen molar-refractivity contribution in [3.63, 3.8) is 0 Å². The normalized spacial score (nSPS) is 16.2. The van der Waals surface area contributed by atoms with Crippen molar-refractivity contribution in [1.29, 1.82) is 0 Å². The maximum Gasteiger partial charge on any atom is 0.340 e. The summed E-state index contributed by atoms with van der Waals surface area (Å²) in [4.78, 5) is 26.6. The number of methoxy groups -OCH3 is 2. The van der Waals surface area contributed by atoms with Crippen molar-refractivity contribution in [2.24, 2.45) is 0 Å². The molecule has 1 aliphatic heterocycles. The van der Waals surface area contributed by atoms with Crippen molar-refractivity contribution >= 4 is 33.9 Å². The van der Waals surface area contributed by atoms with Crippen LogP contribution in [0.4, 0.5) is 0 Å². The van der Waals surface area contributed by atoms with Gasteiger partial charge in [0.1, 0.15) is 0 Å². The molecular formula is C18H20BrNO4. The van der Waals surface area contributed by atoms with Crippen LogP contribution in [0.15, 0.2) is 45.6 Å². The number of hydrogen-bond donors (Lipinski definition) is 0. The molecule has 0 unspecified atom stereocenters. The zero-order valence-corrected chi connectivity index (χ0v) is 15.6. The van der Waals surface area contributed by atoms with Gasteiger partial charge in [-0.25, -0.2) is 4.79 Å². The first kappa shape index (κ1) is 18.4. The van der Waals surface area contributed by atoms with Crippen molar-refractivity contribution in [3.8, 4) is 0 Å². The highest BCUT2D eigenvalue weighted by Gasteiger charge is 2.36. The Hall–Kier alpha value is -1.92. The smallest absolute Gasteiger partial charge is 0.340 e. The summed E-state index contributed by atoms with van der Waals surface area (Å²) in [5, 5.41) is 0. The zero-order chi connectivity index (χ0) is 17.7. The molecule has 1 aromatic carbocycles. The number of amides is 1. The molecule has 1 amide bonds. The van der Waals surface area contributed by atoms with E-state index in [4.69, 9.17) is 9.47 Å². The fourth-order valence-corrected chi connectivity index (χ4v) is 3.04. The van der Waals surface area contributed by atoms with E-state index in [9.17, 15) is 9.59 Å². The molecule has 0 saturated heterocycles. The number of hydrogen-bond acceptors (Lipinski definition) is 4. The maximum absolute atomic E-state index is 12.8. The van der Waals surface area contributed by atoms with Crippen molar-refractivity contribution in [3.05, 3.63) is 51.1 Å². The van der Waals surface area contributed by atoms with E-state index in [0.29, 0.717) is 36.4 Å². The van der Waals surface area contributed by atoms with Gasteiger partial charge in [-0.3, -0.25) is 4.79 Å². The molecule has 0 aromatic heterocycles. The molecule has 0 aliphatic carbocycles. The molecule has 1 heterocycles. The number of ether oxygens (including phenoxy) is 2. The predicted octanol–water partition coefficient (Wildman–Crippen LogP) is 3.16. The second-order valence-electron chi connectivity index (χ2n) is 5.37. The Balaban J connectivity index is 2.41. The summed E-state index contributed by atoms with van der Waals surface area (Å²) in [6, 6.07) is 7.54. The molecule has 24 heavy (non-hydrogen) atoms. The van der Waals surface area contributed by atoms with Gasteiger partial charge >= 0.3 is 5.97 Å². The van der Waals surface area contributed by atoms with Crippen LogP contribution in [0.3, 0.4) is 0 Å². The Morgan fingerprint density at radius 3 is 2.71 bits per heavy atom. The van der Waals surface area contributed by atoms with Gasteiger partial charge in [-0.2, -0.15) is 0 Å². The fraction of sp³-hybridized carbons (Fsp3) is 0.333. The maximum atomic E-state index is 12.8. The van der Waals surface area contributed by atoms with Crippen LogP contribution in [0.5, 0.6) is 0 Å². The Labute approximate surface area is 150 Å². The van der Waals surface area contributed by atoms with Crippen LogP contribution in [0.2, 0.25) is 0 Å². The number of allylic oxidation sites excluding steroid dienone is 1. The molecule has 0 bridgehead atoms. The minimum absolute atomic E-state index is 0.191. The molecule has 0 saturated carbocycles. The lowest BCUT2D eigenvalue weighted by Gasteiger charge is -2.17. The molecule has 2 rings (SSSR count). The van der Waals surface area contributed by atoms with Crippen molar-refractivity contribution in [1.82, 2.24) is 4.90 Å². The minimum atomic E-state index is -0.503. The Morgan fingerprint density at radius 1 is 1.33 bits per heavy atom. The van der Waals surface area contributed by atoms with E-state index in [1.54, 1.807) is 25.0 Å². The van der Waals surface area contributed by atoms with Gasteiger partial charge in [-0.1, -0.05) is 28.1 Å². The summed E-state index contributed by atoms with van der Waals surface area (Å²) < 4.78 is 10.8. The Morgan fingerprint density at radius 2 is 2.08 bits per heavy atom. The summed E-state index contributed by atoms with van der Waals surface area (Å²) in [6.07, 6.45) is 2.41. The van der Waals surface area contributed by atoms with E-state index in [2.05, 4.69) is 15.9 Å². The molecule has 1 aromatic rings. The quantitative estimate of drug-likeness (QED) is 0.423. The van der Waals surface area contributed by atoms with Gasteiger partial charge in [0.05, 0.1) is 18.3 Å². The predicted molar refractivity (Wildman–Crippen MR) is 95.0 cm³/mol. The minimum Gasteiger partial charge on any atom is -0.465 e. The van der Waals surface area contributed by atoms with E-state index < -0.39 is 5.97 Å². The first-order valence-electron chi connectivity index (χ1n) is 7.57. The molecule has 128 valence electrons. The molecule has 6 heteroatoms. The third kappa shape index (κ3) is 3.94. The fourth-order valence-electron chi connectivity index (χ4n) is 2.63. The third-order valence-corrected chi connectivity index (χ3v) is 4.28. The first-order valence-corrected chi connectivity index (χ1v) is 8.36. The highest BCUT2D eigenvalue weighted by atomic mass is 79.9. The molecule has 1 aliphatic rings. The molecule has 5 nitrogen and oxygen atoms in total. The summed E-state index contributed by atoms with van der Waals surface area (Å²) in [5.74, 6) is -0.694. The van der Waals surface area contributed by atoms with Gasteiger partial charge in [0.25, 0.3) is 5.91 Å². The molecule has 0 atom stereocenters. The van der Waals surface area contributed by atoms with Crippen LogP contribution in [0.25, 0.3) is 6.08 Å². The van der Waals surface area contributed by atoms with Gasteiger partial charge in [0, 0.05) is 30.4 Å². The average Bonchev–Trinajstić information content (AvgIpc) is 2.79. The Bertz CT molecular complexity index is 709. The second-order valence-corrected chi connectivity index (χ2v) is 6.28. The summed E-state index contributed by atoms with van der Waals surface area (Å²) in [7, 11) is 2.93. The topological polar surface area (TPSA) is 55.8 Å². The van der Waals surface area contributed by atoms with Gasteiger partial charge in [0.2, 0.25) is 0 Å². The first-order chi connectivity index (χ1) is 11.5. The van der Waals surface area contributed by atoms with Crippen LogP contribution in [0.1, 0.15) is 18.9 Å². The van der Waals surface area contributed by atoms with Gasteiger partial charge < -0.3 is 14.4 Å². The van der Waals surface area contributed by atoms with Crippen molar-refractivity contribution < 1.29 is 19.1 Å². The summed E-state index contributed by atoms with van der Waals surface area (Å²) >= 11 is 3.41. The number of nitrogens with zero attached hydrogens (tertiary/aromatic N) is 1. The lowest BCUT2D eigenvalue weighted by atomic mass is 10.0. The van der Waals surface area contributed by atoms with Crippen LogP contribution >= 0.6 is 15.9 Å². The van der Waals surface area contributed by atoms with Crippen LogP contribution in [-0.4, -0.2) is 44.1 Å². The monoisotopic (exact) mass is 393 g/mol. The molecule has 0 N–H and O–H groups in total. The molecule has 0 fully saturated rings. The lowest BCUT2D eigenvalue weighted by molar-refractivity contribution is -0.136. The number of halogens is 1. The van der Waals surface area contributed by atoms with Crippen molar-refractivity contribution in [2.45, 2.75) is 13.3 Å². The highest BCUT2D eigenvalue weighted by molar-refractivity contribution is 9.10. The van der Waals surface area contributed by atoms with Gasteiger partial charge in [0.15, 0.2) is 0 Å². The largest absolute Gasteiger partial charge is 0.465 e. The highest BCUT2D eigenvalue weighted by Crippen LogP contribution is 2.32. The summed E-state index contributed by atoms with van der Waals surface area (Å²) in [6.45, 7) is 2.81. The van der Waals surface area contributed by atoms with E-state index in [0.717, 1.165) is 10.0 Å². The third-order valence-electron chi connectivity index (χ3n) is 3.79. The van der Waals surface area contributed by atoms with Gasteiger partial charge in [-0.15, -0.1) is 0 Å². The average molecular weight is 394 g/mol. The molecule has 0 spiro atoms. The SMILES string of the molecule is COCCCN1C(=O)/C(=C\c2cccc(Br)c2)C(C(=O)OC)=C1C. The van der Waals surface area contributed by atoms with Crippen LogP contribution in [0, 0.1) is 0 Å². The summed E-state index contributed by atoms with van der Waals surface area (Å²) in [5.41, 5.74) is 2.12.